The van der Waals surface area contributed by atoms with Crippen LogP contribution in [0.1, 0.15) is 67.7 Å². The quantitative estimate of drug-likeness (QED) is 0.683. The van der Waals surface area contributed by atoms with Gasteiger partial charge in [0.2, 0.25) is 0 Å². The third-order valence-corrected chi connectivity index (χ3v) is 3.64. The van der Waals surface area contributed by atoms with Crippen molar-refractivity contribution in [3.8, 4) is 0 Å². The molecule has 0 saturated carbocycles. The Morgan fingerprint density at radius 1 is 1.14 bits per heavy atom. The molecule has 5 heteroatoms. The lowest BCUT2D eigenvalue weighted by Crippen LogP contribution is -2.61. The Balaban J connectivity index is 2.21. The molecule has 5 nitrogen and oxygen atoms in total. The SMILES string of the molecule is CC1(C)CC(NCCCNC(=O)OC(C)(C)C)CC(C)(C)N1. The highest BCUT2D eigenvalue weighted by molar-refractivity contribution is 5.67. The first-order valence-electron chi connectivity index (χ1n) is 8.38. The van der Waals surface area contributed by atoms with Crippen LogP contribution in [0.3, 0.4) is 0 Å². The van der Waals surface area contributed by atoms with Crippen molar-refractivity contribution >= 4 is 6.09 Å². The molecule has 130 valence electrons. The van der Waals surface area contributed by atoms with Gasteiger partial charge in [-0.3, -0.25) is 0 Å². The van der Waals surface area contributed by atoms with Crippen molar-refractivity contribution < 1.29 is 9.53 Å². The molecule has 0 aromatic heterocycles. The standard InChI is InChI=1S/C17H35N3O2/c1-15(2,3)22-14(21)19-10-8-9-18-13-11-16(4,5)20-17(6,7)12-13/h13,18,20H,8-12H2,1-7H3,(H,19,21). The Kier molecular flexibility index (Phi) is 6.27. The summed E-state index contributed by atoms with van der Waals surface area (Å²) in [5.41, 5.74) is -0.114. The second-order valence-electron chi connectivity index (χ2n) is 8.73. The van der Waals surface area contributed by atoms with Crippen molar-refractivity contribution in [1.82, 2.24) is 16.0 Å². The van der Waals surface area contributed by atoms with E-state index in [0.717, 1.165) is 25.8 Å². The first kappa shape index (κ1) is 19.2. The van der Waals surface area contributed by atoms with Crippen LogP contribution in [0.4, 0.5) is 4.79 Å². The molecular formula is C17H35N3O2. The van der Waals surface area contributed by atoms with Gasteiger partial charge in [-0.1, -0.05) is 0 Å². The zero-order valence-electron chi connectivity index (χ0n) is 15.4. The molecule has 0 aromatic rings. The molecule has 1 rings (SSSR count). The summed E-state index contributed by atoms with van der Waals surface area (Å²) in [7, 11) is 0. The second kappa shape index (κ2) is 7.18. The van der Waals surface area contributed by atoms with E-state index in [4.69, 9.17) is 4.74 Å². The van der Waals surface area contributed by atoms with Crippen molar-refractivity contribution in [1.29, 1.82) is 0 Å². The van der Waals surface area contributed by atoms with Crippen LogP contribution in [0.2, 0.25) is 0 Å². The fourth-order valence-corrected chi connectivity index (χ4v) is 3.37. The third kappa shape index (κ3) is 7.99. The molecule has 0 atom stereocenters. The molecule has 1 heterocycles. The van der Waals surface area contributed by atoms with Crippen molar-refractivity contribution in [3.63, 3.8) is 0 Å². The van der Waals surface area contributed by atoms with E-state index in [2.05, 4.69) is 43.6 Å². The van der Waals surface area contributed by atoms with Crippen LogP contribution in [0.5, 0.6) is 0 Å². The molecule has 1 aliphatic heterocycles. The summed E-state index contributed by atoms with van der Waals surface area (Å²) in [6, 6.07) is 0.521. The normalized spacial score (nSPS) is 21.4. The number of carbonyl (C=O) groups is 1. The number of carbonyl (C=O) groups excluding carboxylic acids is 1. The second-order valence-corrected chi connectivity index (χ2v) is 8.73. The van der Waals surface area contributed by atoms with E-state index >= 15 is 0 Å². The molecule has 1 aliphatic rings. The number of rotatable bonds is 5. The molecule has 0 radical (unpaired) electrons. The van der Waals surface area contributed by atoms with E-state index in [1.54, 1.807) is 0 Å². The fraction of sp³-hybridized carbons (Fsp3) is 0.941. The summed E-state index contributed by atoms with van der Waals surface area (Å²) in [6.07, 6.45) is 2.81. The summed E-state index contributed by atoms with van der Waals surface area (Å²) in [4.78, 5) is 11.5. The molecule has 0 aliphatic carbocycles. The predicted octanol–water partition coefficient (Wildman–Crippen LogP) is 2.80. The minimum absolute atomic E-state index is 0.161. The molecule has 3 N–H and O–H groups in total. The maximum absolute atomic E-state index is 11.5. The van der Waals surface area contributed by atoms with Gasteiger partial charge in [-0.25, -0.2) is 4.79 Å². The maximum Gasteiger partial charge on any atom is 0.407 e. The molecule has 1 fully saturated rings. The summed E-state index contributed by atoms with van der Waals surface area (Å²) in [6.45, 7) is 16.2. The van der Waals surface area contributed by atoms with Gasteiger partial charge in [-0.2, -0.15) is 0 Å². The summed E-state index contributed by atoms with van der Waals surface area (Å²) in [5, 5.41) is 10.1. The molecular weight excluding hydrogens is 278 g/mol. The van der Waals surface area contributed by atoms with Gasteiger partial charge in [0.05, 0.1) is 0 Å². The summed E-state index contributed by atoms with van der Waals surface area (Å²) < 4.78 is 5.21. The zero-order chi connectivity index (χ0) is 17.0. The smallest absolute Gasteiger partial charge is 0.407 e. The minimum Gasteiger partial charge on any atom is -0.444 e. The monoisotopic (exact) mass is 313 g/mol. The van der Waals surface area contributed by atoms with Crippen molar-refractivity contribution in [2.75, 3.05) is 13.1 Å². The molecule has 1 saturated heterocycles. The van der Waals surface area contributed by atoms with E-state index in [0.29, 0.717) is 12.6 Å². The van der Waals surface area contributed by atoms with Crippen LogP contribution in [0, 0.1) is 0 Å². The third-order valence-electron chi connectivity index (χ3n) is 3.64. The molecule has 22 heavy (non-hydrogen) atoms. The van der Waals surface area contributed by atoms with Crippen LogP contribution in [0.15, 0.2) is 0 Å². The highest BCUT2D eigenvalue weighted by atomic mass is 16.6. The van der Waals surface area contributed by atoms with E-state index in [-0.39, 0.29) is 17.2 Å². The van der Waals surface area contributed by atoms with Gasteiger partial charge < -0.3 is 20.7 Å². The van der Waals surface area contributed by atoms with Crippen LogP contribution < -0.4 is 16.0 Å². The molecule has 0 aromatic carbocycles. The number of piperidine rings is 1. The van der Waals surface area contributed by atoms with E-state index < -0.39 is 5.60 Å². The Morgan fingerprint density at radius 2 is 1.68 bits per heavy atom. The van der Waals surface area contributed by atoms with Gasteiger partial charge in [0.1, 0.15) is 5.60 Å². The van der Waals surface area contributed by atoms with E-state index in [9.17, 15) is 4.79 Å². The fourth-order valence-electron chi connectivity index (χ4n) is 3.37. The lowest BCUT2D eigenvalue weighted by molar-refractivity contribution is 0.0527. The van der Waals surface area contributed by atoms with Crippen molar-refractivity contribution in [2.24, 2.45) is 0 Å². The average molecular weight is 313 g/mol. The average Bonchev–Trinajstić information content (AvgIpc) is 2.21. The lowest BCUT2D eigenvalue weighted by Gasteiger charge is -2.46. The van der Waals surface area contributed by atoms with Crippen LogP contribution >= 0.6 is 0 Å². The molecule has 1 amide bonds. The van der Waals surface area contributed by atoms with E-state index in [1.807, 2.05) is 20.8 Å². The Bertz CT molecular complexity index is 357. The first-order chi connectivity index (χ1) is 9.89. The minimum atomic E-state index is -0.436. The highest BCUT2D eigenvalue weighted by Crippen LogP contribution is 2.28. The van der Waals surface area contributed by atoms with Gasteiger partial charge in [-0.05, 0) is 74.3 Å². The highest BCUT2D eigenvalue weighted by Gasteiger charge is 2.37. The Hall–Kier alpha value is -0.810. The van der Waals surface area contributed by atoms with Crippen LogP contribution in [-0.2, 0) is 4.74 Å². The largest absolute Gasteiger partial charge is 0.444 e. The van der Waals surface area contributed by atoms with Gasteiger partial charge in [0.25, 0.3) is 0 Å². The maximum atomic E-state index is 11.5. The lowest BCUT2D eigenvalue weighted by atomic mass is 9.79. The van der Waals surface area contributed by atoms with Crippen LogP contribution in [0.25, 0.3) is 0 Å². The zero-order valence-corrected chi connectivity index (χ0v) is 15.4. The Labute approximate surface area is 135 Å². The molecule has 0 bridgehead atoms. The van der Waals surface area contributed by atoms with Gasteiger partial charge >= 0.3 is 6.09 Å². The van der Waals surface area contributed by atoms with Crippen LogP contribution in [-0.4, -0.2) is 41.9 Å². The van der Waals surface area contributed by atoms with Gasteiger partial charge in [0, 0.05) is 23.7 Å². The van der Waals surface area contributed by atoms with E-state index in [1.165, 1.54) is 0 Å². The topological polar surface area (TPSA) is 62.4 Å². The number of nitrogens with one attached hydrogen (secondary N) is 3. The van der Waals surface area contributed by atoms with Crippen molar-refractivity contribution in [2.45, 2.75) is 90.4 Å². The number of hydrogen-bond donors (Lipinski definition) is 3. The Morgan fingerprint density at radius 3 is 2.18 bits per heavy atom. The molecule has 0 spiro atoms. The number of amides is 1. The number of ether oxygens (including phenoxy) is 1. The number of alkyl carbamates (subject to hydrolysis) is 1. The van der Waals surface area contributed by atoms with Crippen molar-refractivity contribution in [3.05, 3.63) is 0 Å². The molecule has 0 unspecified atom stereocenters. The summed E-state index contributed by atoms with van der Waals surface area (Å²) >= 11 is 0. The summed E-state index contributed by atoms with van der Waals surface area (Å²) in [5.74, 6) is 0. The van der Waals surface area contributed by atoms with Gasteiger partial charge in [0.15, 0.2) is 0 Å². The first-order valence-corrected chi connectivity index (χ1v) is 8.38. The number of hydrogen-bond acceptors (Lipinski definition) is 4. The van der Waals surface area contributed by atoms with Gasteiger partial charge in [-0.15, -0.1) is 0 Å². The predicted molar refractivity (Wildman–Crippen MR) is 91.2 cm³/mol.